The Labute approximate surface area is 174 Å². The van der Waals surface area contributed by atoms with Gasteiger partial charge in [-0.1, -0.05) is 41.9 Å². The van der Waals surface area contributed by atoms with Gasteiger partial charge in [0.15, 0.2) is 5.71 Å². The van der Waals surface area contributed by atoms with Crippen LogP contribution >= 0.6 is 11.6 Å². The summed E-state index contributed by atoms with van der Waals surface area (Å²) in [6, 6.07) is 14.2. The van der Waals surface area contributed by atoms with Crippen molar-refractivity contribution in [3.05, 3.63) is 64.7 Å². The van der Waals surface area contributed by atoms with Crippen molar-refractivity contribution in [2.45, 2.75) is 25.8 Å². The van der Waals surface area contributed by atoms with Gasteiger partial charge in [-0.25, -0.2) is 4.99 Å². The van der Waals surface area contributed by atoms with Gasteiger partial charge in [0.05, 0.1) is 16.3 Å². The SMILES string of the molecule is CCNC(=O)c1ccc(N=C(C(=NN)C(=O)NC2CC2)c2ccccc2)cc1Cl. The van der Waals surface area contributed by atoms with Gasteiger partial charge in [0, 0.05) is 18.2 Å². The van der Waals surface area contributed by atoms with Gasteiger partial charge in [-0.2, -0.15) is 5.10 Å². The van der Waals surface area contributed by atoms with Crippen molar-refractivity contribution < 1.29 is 9.59 Å². The standard InChI is InChI=1S/C21H22ClN5O2/c1-2-24-20(28)16-11-10-15(12-17(16)22)25-18(13-6-4-3-5-7-13)19(27-23)21(29)26-14-8-9-14/h3-7,10-12,14H,2,8-9,23H2,1H3,(H,24,28)(H,26,29). The second kappa shape index (κ2) is 9.34. The normalized spacial score (nSPS) is 14.4. The molecule has 29 heavy (non-hydrogen) atoms. The molecule has 7 nitrogen and oxygen atoms in total. The highest BCUT2D eigenvalue weighted by molar-refractivity contribution is 6.70. The molecule has 8 heteroatoms. The molecule has 0 bridgehead atoms. The lowest BCUT2D eigenvalue weighted by Crippen LogP contribution is -2.38. The van der Waals surface area contributed by atoms with E-state index in [0.717, 1.165) is 12.8 Å². The van der Waals surface area contributed by atoms with Gasteiger partial charge in [0.25, 0.3) is 11.8 Å². The summed E-state index contributed by atoms with van der Waals surface area (Å²) in [5, 5.41) is 9.56. The molecule has 150 valence electrons. The third kappa shape index (κ3) is 5.20. The largest absolute Gasteiger partial charge is 0.352 e. The molecule has 1 aliphatic rings. The highest BCUT2D eigenvalue weighted by Crippen LogP contribution is 2.24. The highest BCUT2D eigenvalue weighted by atomic mass is 35.5. The molecule has 0 saturated heterocycles. The summed E-state index contributed by atoms with van der Waals surface area (Å²) in [6.45, 7) is 2.33. The molecule has 2 amide bonds. The number of carbonyl (C=O) groups excluding carboxylic acids is 2. The number of hydrogen-bond donors (Lipinski definition) is 3. The average molecular weight is 412 g/mol. The molecule has 2 aromatic carbocycles. The third-order valence-electron chi connectivity index (χ3n) is 4.30. The number of benzene rings is 2. The summed E-state index contributed by atoms with van der Waals surface area (Å²) in [7, 11) is 0. The molecule has 1 aliphatic carbocycles. The van der Waals surface area contributed by atoms with Crippen molar-refractivity contribution in [1.82, 2.24) is 10.6 Å². The van der Waals surface area contributed by atoms with E-state index in [1.54, 1.807) is 18.2 Å². The van der Waals surface area contributed by atoms with E-state index in [9.17, 15) is 9.59 Å². The second-order valence-electron chi connectivity index (χ2n) is 6.58. The van der Waals surface area contributed by atoms with Crippen molar-refractivity contribution in [2.75, 3.05) is 6.54 Å². The van der Waals surface area contributed by atoms with E-state index in [4.69, 9.17) is 17.4 Å². The maximum absolute atomic E-state index is 12.6. The first-order valence-corrected chi connectivity index (χ1v) is 9.72. The maximum atomic E-state index is 12.6. The van der Waals surface area contributed by atoms with Gasteiger partial charge in [-0.3, -0.25) is 9.59 Å². The molecule has 4 N–H and O–H groups in total. The Hall–Kier alpha value is -3.19. The number of rotatable bonds is 7. The van der Waals surface area contributed by atoms with Gasteiger partial charge in [0.1, 0.15) is 5.71 Å². The Morgan fingerprint density at radius 2 is 1.90 bits per heavy atom. The van der Waals surface area contributed by atoms with Gasteiger partial charge in [-0.05, 0) is 38.0 Å². The number of nitrogens with one attached hydrogen (secondary N) is 2. The van der Waals surface area contributed by atoms with E-state index >= 15 is 0 Å². The molecule has 2 aromatic rings. The van der Waals surface area contributed by atoms with Crippen molar-refractivity contribution >= 4 is 40.5 Å². The molecule has 0 spiro atoms. The Morgan fingerprint density at radius 1 is 1.17 bits per heavy atom. The summed E-state index contributed by atoms with van der Waals surface area (Å²) in [6.07, 6.45) is 1.89. The van der Waals surface area contributed by atoms with Crippen LogP contribution in [0, 0.1) is 0 Å². The van der Waals surface area contributed by atoms with Crippen LogP contribution in [0.15, 0.2) is 58.6 Å². The minimum Gasteiger partial charge on any atom is -0.352 e. The predicted molar refractivity (Wildman–Crippen MR) is 115 cm³/mol. The summed E-state index contributed by atoms with van der Waals surface area (Å²) in [4.78, 5) is 29.3. The summed E-state index contributed by atoms with van der Waals surface area (Å²) < 4.78 is 0. The minimum atomic E-state index is -0.373. The number of nitrogens with zero attached hydrogens (tertiary/aromatic N) is 2. The molecule has 0 radical (unpaired) electrons. The maximum Gasteiger partial charge on any atom is 0.274 e. The van der Waals surface area contributed by atoms with E-state index in [-0.39, 0.29) is 28.6 Å². The fourth-order valence-electron chi connectivity index (χ4n) is 2.70. The number of nitrogens with two attached hydrogens (primary N) is 1. The van der Waals surface area contributed by atoms with Crippen LogP contribution in [0.2, 0.25) is 5.02 Å². The van der Waals surface area contributed by atoms with E-state index in [0.29, 0.717) is 29.1 Å². The Morgan fingerprint density at radius 3 is 2.48 bits per heavy atom. The van der Waals surface area contributed by atoms with Crippen LogP contribution in [0.4, 0.5) is 5.69 Å². The van der Waals surface area contributed by atoms with E-state index in [2.05, 4.69) is 20.7 Å². The number of halogens is 1. The molecule has 3 rings (SSSR count). The Balaban J connectivity index is 1.99. The lowest BCUT2D eigenvalue weighted by atomic mass is 10.0. The quantitative estimate of drug-likeness (QED) is 0.370. The van der Waals surface area contributed by atoms with Gasteiger partial charge < -0.3 is 16.5 Å². The average Bonchev–Trinajstić information content (AvgIpc) is 3.52. The first-order chi connectivity index (χ1) is 14.0. The van der Waals surface area contributed by atoms with E-state index in [1.807, 2.05) is 37.3 Å². The first kappa shape index (κ1) is 20.5. The van der Waals surface area contributed by atoms with Crippen LogP contribution in [0.5, 0.6) is 0 Å². The molecule has 0 aromatic heterocycles. The molecular formula is C21H22ClN5O2. The monoisotopic (exact) mass is 411 g/mol. The molecule has 0 aliphatic heterocycles. The summed E-state index contributed by atoms with van der Waals surface area (Å²) >= 11 is 6.28. The van der Waals surface area contributed by atoms with Crippen LogP contribution in [-0.2, 0) is 4.79 Å². The first-order valence-electron chi connectivity index (χ1n) is 9.34. The van der Waals surface area contributed by atoms with Crippen molar-refractivity contribution in [2.24, 2.45) is 15.9 Å². The zero-order valence-corrected chi connectivity index (χ0v) is 16.7. The van der Waals surface area contributed by atoms with Gasteiger partial charge in [-0.15, -0.1) is 0 Å². The molecular weight excluding hydrogens is 390 g/mol. The van der Waals surface area contributed by atoms with Crippen molar-refractivity contribution in [3.63, 3.8) is 0 Å². The third-order valence-corrected chi connectivity index (χ3v) is 4.62. The molecule has 0 atom stereocenters. The number of amides is 2. The lowest BCUT2D eigenvalue weighted by molar-refractivity contribution is -0.114. The summed E-state index contributed by atoms with van der Waals surface area (Å²) in [5.41, 5.74) is 1.88. The fourth-order valence-corrected chi connectivity index (χ4v) is 2.96. The van der Waals surface area contributed by atoms with Crippen LogP contribution in [0.1, 0.15) is 35.7 Å². The van der Waals surface area contributed by atoms with Crippen molar-refractivity contribution in [1.29, 1.82) is 0 Å². The van der Waals surface area contributed by atoms with Gasteiger partial charge in [0.2, 0.25) is 0 Å². The van der Waals surface area contributed by atoms with Crippen LogP contribution in [-0.4, -0.2) is 35.8 Å². The molecule has 1 fully saturated rings. The Bertz CT molecular complexity index is 968. The van der Waals surface area contributed by atoms with E-state index < -0.39 is 0 Å². The molecule has 0 heterocycles. The number of aliphatic imine (C=N–C) groups is 1. The number of hydrazone groups is 1. The fraction of sp³-hybridized carbons (Fsp3) is 0.238. The molecule has 0 unspecified atom stereocenters. The minimum absolute atomic E-state index is 0.0343. The van der Waals surface area contributed by atoms with Crippen LogP contribution < -0.4 is 16.5 Å². The summed E-state index contributed by atoms with van der Waals surface area (Å²) in [5.74, 6) is 4.92. The topological polar surface area (TPSA) is 109 Å². The lowest BCUT2D eigenvalue weighted by Gasteiger charge is -2.11. The number of carbonyl (C=O) groups is 2. The zero-order chi connectivity index (χ0) is 20.8. The highest BCUT2D eigenvalue weighted by Gasteiger charge is 2.28. The second-order valence-corrected chi connectivity index (χ2v) is 6.98. The van der Waals surface area contributed by atoms with Gasteiger partial charge >= 0.3 is 0 Å². The zero-order valence-electron chi connectivity index (χ0n) is 16.0. The van der Waals surface area contributed by atoms with Crippen LogP contribution in [0.25, 0.3) is 0 Å². The molecule has 1 saturated carbocycles. The van der Waals surface area contributed by atoms with Crippen molar-refractivity contribution in [3.8, 4) is 0 Å². The Kier molecular flexibility index (Phi) is 6.61. The van der Waals surface area contributed by atoms with E-state index in [1.165, 1.54) is 0 Å². The number of hydrogen-bond acceptors (Lipinski definition) is 5. The smallest absolute Gasteiger partial charge is 0.274 e. The predicted octanol–water partition coefficient (Wildman–Crippen LogP) is 2.80. The van der Waals surface area contributed by atoms with Crippen LogP contribution in [0.3, 0.4) is 0 Å².